The molecule has 0 aliphatic heterocycles. The summed E-state index contributed by atoms with van der Waals surface area (Å²) in [6.45, 7) is 0.329. The molecule has 0 aliphatic carbocycles. The van der Waals surface area contributed by atoms with Gasteiger partial charge >= 0.3 is 5.97 Å². The first-order valence-corrected chi connectivity index (χ1v) is 11.5. The van der Waals surface area contributed by atoms with E-state index in [1.54, 1.807) is 36.4 Å². The van der Waals surface area contributed by atoms with Crippen LogP contribution in [0.15, 0.2) is 82.4 Å². The van der Waals surface area contributed by atoms with Gasteiger partial charge in [-0.25, -0.2) is 10.2 Å². The third kappa shape index (κ3) is 7.84. The van der Waals surface area contributed by atoms with Crippen molar-refractivity contribution in [1.82, 2.24) is 10.7 Å². The van der Waals surface area contributed by atoms with Crippen LogP contribution >= 0.6 is 15.9 Å². The van der Waals surface area contributed by atoms with Gasteiger partial charge in [0.05, 0.1) is 22.3 Å². The molecule has 3 aromatic carbocycles. The molecule has 0 saturated carbocycles. The van der Waals surface area contributed by atoms with Crippen molar-refractivity contribution < 1.29 is 24.0 Å². The van der Waals surface area contributed by atoms with Crippen molar-refractivity contribution in [3.63, 3.8) is 0 Å². The molecule has 36 heavy (non-hydrogen) atoms. The molecule has 10 nitrogen and oxygen atoms in total. The zero-order chi connectivity index (χ0) is 25.9. The Balaban J connectivity index is 1.44. The van der Waals surface area contributed by atoms with Gasteiger partial charge in [0, 0.05) is 29.6 Å². The Morgan fingerprint density at radius 2 is 1.81 bits per heavy atom. The zero-order valence-electron chi connectivity index (χ0n) is 18.8. The molecule has 0 aliphatic rings. The van der Waals surface area contributed by atoms with E-state index in [1.165, 1.54) is 30.5 Å². The molecule has 11 heteroatoms. The molecule has 184 valence electrons. The van der Waals surface area contributed by atoms with Crippen LogP contribution in [0.25, 0.3) is 0 Å². The average molecular weight is 553 g/mol. The maximum Gasteiger partial charge on any atom is 0.343 e. The van der Waals surface area contributed by atoms with Crippen LogP contribution in [0.5, 0.6) is 5.75 Å². The number of halogens is 1. The van der Waals surface area contributed by atoms with Gasteiger partial charge in [-0.3, -0.25) is 19.7 Å². The molecule has 0 atom stereocenters. The quantitative estimate of drug-likeness (QED) is 0.0962. The molecule has 0 aromatic heterocycles. The number of nitro groups is 1. The Morgan fingerprint density at radius 3 is 2.58 bits per heavy atom. The summed E-state index contributed by atoms with van der Waals surface area (Å²) in [5.41, 5.74) is 3.31. The van der Waals surface area contributed by atoms with Gasteiger partial charge < -0.3 is 10.1 Å². The van der Waals surface area contributed by atoms with Crippen molar-refractivity contribution in [2.45, 2.75) is 12.8 Å². The van der Waals surface area contributed by atoms with Crippen LogP contribution in [0.2, 0.25) is 0 Å². The number of amides is 2. The number of hydrogen-bond acceptors (Lipinski definition) is 7. The number of carbonyl (C=O) groups excluding carboxylic acids is 3. The molecular formula is C25H21BrN4O6. The minimum atomic E-state index is -0.743. The van der Waals surface area contributed by atoms with E-state index in [2.05, 4.69) is 31.8 Å². The number of hydrogen-bond donors (Lipinski definition) is 2. The molecule has 0 bridgehead atoms. The lowest BCUT2D eigenvalue weighted by Gasteiger charge is -2.06. The lowest BCUT2D eigenvalue weighted by atomic mass is 10.2. The van der Waals surface area contributed by atoms with Crippen LogP contribution in [-0.2, 0) is 4.79 Å². The molecule has 0 heterocycles. The molecular weight excluding hydrogens is 532 g/mol. The molecule has 3 aromatic rings. The molecule has 2 N–H and O–H groups in total. The molecule has 0 saturated heterocycles. The minimum absolute atomic E-state index is 0.0446. The number of non-ortho nitro benzene ring substituents is 1. The van der Waals surface area contributed by atoms with Crippen LogP contribution in [-0.4, -0.2) is 35.5 Å². The Morgan fingerprint density at radius 1 is 1.03 bits per heavy atom. The summed E-state index contributed by atoms with van der Waals surface area (Å²) in [6, 6.07) is 18.7. The number of hydrazone groups is 1. The highest BCUT2D eigenvalue weighted by Crippen LogP contribution is 2.18. The number of benzene rings is 3. The Bertz CT molecular complexity index is 1310. The van der Waals surface area contributed by atoms with E-state index in [4.69, 9.17) is 4.74 Å². The SMILES string of the molecule is O=C(CCCNC(=O)c1ccccc1Br)NN=Cc1cccc(OC(=O)c2cccc([N+](=O)[O-])c2)c1. The van der Waals surface area contributed by atoms with Gasteiger partial charge in [0.2, 0.25) is 5.91 Å². The summed E-state index contributed by atoms with van der Waals surface area (Å²) in [4.78, 5) is 46.7. The first-order valence-electron chi connectivity index (χ1n) is 10.7. The highest BCUT2D eigenvalue weighted by atomic mass is 79.9. The molecule has 0 fully saturated rings. The van der Waals surface area contributed by atoms with Crippen LogP contribution in [0.1, 0.15) is 39.1 Å². The zero-order valence-corrected chi connectivity index (χ0v) is 20.4. The van der Waals surface area contributed by atoms with Gasteiger partial charge in [-0.1, -0.05) is 30.3 Å². The largest absolute Gasteiger partial charge is 0.423 e. The van der Waals surface area contributed by atoms with Crippen LogP contribution < -0.4 is 15.5 Å². The normalized spacial score (nSPS) is 10.6. The predicted octanol–water partition coefficient (Wildman–Crippen LogP) is 4.24. The van der Waals surface area contributed by atoms with Crippen molar-refractivity contribution in [1.29, 1.82) is 0 Å². The fraction of sp³-hybridized carbons (Fsp3) is 0.120. The number of nitrogens with one attached hydrogen (secondary N) is 2. The number of rotatable bonds is 10. The smallest absolute Gasteiger partial charge is 0.343 e. The molecule has 0 spiro atoms. The Kier molecular flexibility index (Phi) is 9.40. The summed E-state index contributed by atoms with van der Waals surface area (Å²) in [5, 5.41) is 17.5. The van der Waals surface area contributed by atoms with Gasteiger partial charge in [-0.05, 0) is 58.2 Å². The van der Waals surface area contributed by atoms with Gasteiger partial charge in [0.25, 0.3) is 11.6 Å². The lowest BCUT2D eigenvalue weighted by Crippen LogP contribution is -2.26. The maximum absolute atomic E-state index is 12.3. The summed E-state index contributed by atoms with van der Waals surface area (Å²) < 4.78 is 5.97. The Labute approximate surface area is 214 Å². The number of esters is 1. The number of carbonyl (C=O) groups is 3. The van der Waals surface area contributed by atoms with Gasteiger partial charge in [-0.15, -0.1) is 0 Å². The van der Waals surface area contributed by atoms with Crippen molar-refractivity contribution >= 4 is 45.6 Å². The topological polar surface area (TPSA) is 140 Å². The van der Waals surface area contributed by atoms with Crippen molar-refractivity contribution in [2.24, 2.45) is 5.10 Å². The summed E-state index contributed by atoms with van der Waals surface area (Å²) in [7, 11) is 0. The maximum atomic E-state index is 12.3. The monoisotopic (exact) mass is 552 g/mol. The van der Waals surface area contributed by atoms with E-state index < -0.39 is 10.9 Å². The van der Waals surface area contributed by atoms with Gasteiger partial charge in [-0.2, -0.15) is 5.10 Å². The van der Waals surface area contributed by atoms with Gasteiger partial charge in [0.1, 0.15) is 5.75 Å². The van der Waals surface area contributed by atoms with Crippen molar-refractivity contribution in [3.8, 4) is 5.75 Å². The molecule has 2 amide bonds. The average Bonchev–Trinajstić information content (AvgIpc) is 2.87. The first-order chi connectivity index (χ1) is 17.3. The number of nitro benzene ring substituents is 1. The van der Waals surface area contributed by atoms with E-state index in [0.717, 1.165) is 6.07 Å². The van der Waals surface area contributed by atoms with Crippen LogP contribution in [0.4, 0.5) is 5.69 Å². The van der Waals surface area contributed by atoms with Crippen molar-refractivity contribution in [3.05, 3.63) is 104 Å². The number of nitrogens with zero attached hydrogens (tertiary/aromatic N) is 2. The van der Waals surface area contributed by atoms with E-state index >= 15 is 0 Å². The summed E-state index contributed by atoms with van der Waals surface area (Å²) in [6.07, 6.45) is 1.98. The highest BCUT2D eigenvalue weighted by molar-refractivity contribution is 9.10. The third-order valence-electron chi connectivity index (χ3n) is 4.75. The third-order valence-corrected chi connectivity index (χ3v) is 5.44. The molecule has 0 unspecified atom stereocenters. The van der Waals surface area contributed by atoms with Crippen LogP contribution in [0.3, 0.4) is 0 Å². The van der Waals surface area contributed by atoms with Crippen molar-refractivity contribution in [2.75, 3.05) is 6.54 Å². The van der Waals surface area contributed by atoms with E-state index in [9.17, 15) is 24.5 Å². The first kappa shape index (κ1) is 26.2. The van der Waals surface area contributed by atoms with E-state index in [1.807, 2.05) is 6.07 Å². The van der Waals surface area contributed by atoms with Crippen LogP contribution in [0, 0.1) is 10.1 Å². The van der Waals surface area contributed by atoms with Gasteiger partial charge in [0.15, 0.2) is 0 Å². The fourth-order valence-electron chi connectivity index (χ4n) is 3.00. The van der Waals surface area contributed by atoms with E-state index in [0.29, 0.717) is 28.6 Å². The summed E-state index contributed by atoms with van der Waals surface area (Å²) >= 11 is 3.32. The predicted molar refractivity (Wildman–Crippen MR) is 136 cm³/mol. The highest BCUT2D eigenvalue weighted by Gasteiger charge is 2.13. The second-order valence-corrected chi connectivity index (χ2v) is 8.26. The minimum Gasteiger partial charge on any atom is -0.423 e. The second-order valence-electron chi connectivity index (χ2n) is 7.40. The fourth-order valence-corrected chi connectivity index (χ4v) is 3.46. The molecule has 3 rings (SSSR count). The lowest BCUT2D eigenvalue weighted by molar-refractivity contribution is -0.384. The van der Waals surface area contributed by atoms with E-state index in [-0.39, 0.29) is 35.2 Å². The second kappa shape index (κ2) is 12.9. The molecule has 0 radical (unpaired) electrons. The summed E-state index contributed by atoms with van der Waals surface area (Å²) in [5.74, 6) is -1.09. The number of ether oxygens (including phenoxy) is 1. The standard InChI is InChI=1S/C25H21BrN4O6/c26-22-11-2-1-10-21(22)24(32)27-13-5-12-23(31)29-28-16-17-6-3-9-20(14-17)36-25(33)18-7-4-8-19(15-18)30(34)35/h1-4,6-11,14-16H,5,12-13H2,(H,27,32)(H,29,31). The Hall–Kier alpha value is -4.38.